The lowest BCUT2D eigenvalue weighted by molar-refractivity contribution is -0.168. The third-order valence-corrected chi connectivity index (χ3v) is 2.14. The lowest BCUT2D eigenvalue weighted by Gasteiger charge is -2.25. The molecule has 0 spiro atoms. The fraction of sp³-hybridized carbons (Fsp3) is 0.875. The summed E-state index contributed by atoms with van der Waals surface area (Å²) in [6.07, 6.45) is 0.817. The van der Waals surface area contributed by atoms with Gasteiger partial charge < -0.3 is 14.2 Å². The lowest BCUT2D eigenvalue weighted by Crippen LogP contribution is -2.37. The van der Waals surface area contributed by atoms with Gasteiger partial charge in [0, 0.05) is 6.42 Å². The van der Waals surface area contributed by atoms with E-state index >= 15 is 0 Å². The summed E-state index contributed by atoms with van der Waals surface area (Å²) in [5.41, 5.74) is 0. The number of esters is 1. The van der Waals surface area contributed by atoms with E-state index in [1.165, 1.54) is 0 Å². The van der Waals surface area contributed by atoms with Crippen LogP contribution in [0.4, 0.5) is 0 Å². The molecular weight excluding hydrogens is 160 g/mol. The van der Waals surface area contributed by atoms with Gasteiger partial charge in [-0.05, 0) is 0 Å². The van der Waals surface area contributed by atoms with Crippen molar-refractivity contribution in [1.82, 2.24) is 0 Å². The molecule has 0 radical (unpaired) electrons. The summed E-state index contributed by atoms with van der Waals surface area (Å²) < 4.78 is 15.1. The Balaban J connectivity index is 1.73. The largest absolute Gasteiger partial charge is 0.459 e. The van der Waals surface area contributed by atoms with Crippen molar-refractivity contribution in [3.63, 3.8) is 0 Å². The molecule has 0 unspecified atom stereocenters. The molecule has 4 nitrogen and oxygen atoms in total. The van der Waals surface area contributed by atoms with E-state index in [1.54, 1.807) is 0 Å². The van der Waals surface area contributed by atoms with Crippen molar-refractivity contribution >= 4 is 5.97 Å². The van der Waals surface area contributed by atoms with Gasteiger partial charge in [-0.2, -0.15) is 0 Å². The summed E-state index contributed by atoms with van der Waals surface area (Å²) in [6.45, 7) is 2.30. The highest BCUT2D eigenvalue weighted by atomic mass is 16.6. The minimum absolute atomic E-state index is 0.0156. The Morgan fingerprint density at radius 2 is 2.08 bits per heavy atom. The molecule has 0 N–H and O–H groups in total. The van der Waals surface area contributed by atoms with Gasteiger partial charge in [-0.15, -0.1) is 0 Å². The molecule has 0 aromatic carbocycles. The molecule has 2 rings (SSSR count). The van der Waals surface area contributed by atoms with Crippen LogP contribution in [0.3, 0.4) is 0 Å². The van der Waals surface area contributed by atoms with E-state index in [0.29, 0.717) is 26.4 Å². The lowest BCUT2D eigenvalue weighted by atomic mass is 10.1. The fourth-order valence-corrected chi connectivity index (χ4v) is 1.24. The van der Waals surface area contributed by atoms with Gasteiger partial charge in [0.25, 0.3) is 0 Å². The monoisotopic (exact) mass is 172 g/mol. The number of hydrogen-bond acceptors (Lipinski definition) is 4. The first kappa shape index (κ1) is 8.01. The fourth-order valence-electron chi connectivity index (χ4n) is 1.24. The predicted octanol–water partition coefficient (Wildman–Crippen LogP) is -0.0351. The summed E-state index contributed by atoms with van der Waals surface area (Å²) in [6, 6.07) is 0. The molecule has 1 atom stereocenters. The standard InChI is InChI=1S/C8H12O4/c9-8(6-3-11-4-6)12-7-1-2-10-5-7/h6-7H,1-5H2/t7-/m0/s1. The average Bonchev–Trinajstić information content (AvgIpc) is 2.34. The molecular formula is C8H12O4. The molecule has 0 aromatic heterocycles. The quantitative estimate of drug-likeness (QED) is 0.548. The Hall–Kier alpha value is -0.610. The molecule has 12 heavy (non-hydrogen) atoms. The first-order valence-corrected chi connectivity index (χ1v) is 4.22. The normalized spacial score (nSPS) is 29.8. The first-order chi connectivity index (χ1) is 5.86. The smallest absolute Gasteiger partial charge is 0.314 e. The molecule has 2 saturated heterocycles. The molecule has 0 saturated carbocycles. The van der Waals surface area contributed by atoms with Crippen LogP contribution in [-0.4, -0.2) is 38.5 Å². The van der Waals surface area contributed by atoms with Gasteiger partial charge in [0.05, 0.1) is 26.4 Å². The second-order valence-electron chi connectivity index (χ2n) is 3.16. The zero-order valence-corrected chi connectivity index (χ0v) is 6.82. The van der Waals surface area contributed by atoms with Crippen LogP contribution < -0.4 is 0 Å². The van der Waals surface area contributed by atoms with E-state index in [4.69, 9.17) is 14.2 Å². The number of rotatable bonds is 2. The summed E-state index contributed by atoms with van der Waals surface area (Å²) in [7, 11) is 0. The van der Waals surface area contributed by atoms with E-state index in [2.05, 4.69) is 0 Å². The third kappa shape index (κ3) is 1.59. The predicted molar refractivity (Wildman–Crippen MR) is 39.6 cm³/mol. The molecule has 2 heterocycles. The Bertz CT molecular complexity index is 170. The van der Waals surface area contributed by atoms with Crippen molar-refractivity contribution in [2.24, 2.45) is 5.92 Å². The van der Waals surface area contributed by atoms with Crippen LogP contribution in [-0.2, 0) is 19.0 Å². The number of carbonyl (C=O) groups excluding carboxylic acids is 1. The van der Waals surface area contributed by atoms with Crippen molar-refractivity contribution in [2.75, 3.05) is 26.4 Å². The minimum atomic E-state index is -0.128. The van der Waals surface area contributed by atoms with Gasteiger partial charge in [-0.25, -0.2) is 0 Å². The van der Waals surface area contributed by atoms with Gasteiger partial charge >= 0.3 is 5.97 Å². The highest BCUT2D eigenvalue weighted by molar-refractivity contribution is 5.73. The zero-order valence-electron chi connectivity index (χ0n) is 6.82. The number of ether oxygens (including phenoxy) is 3. The summed E-state index contributed by atoms with van der Waals surface area (Å²) in [5, 5.41) is 0. The molecule has 2 aliphatic rings. The van der Waals surface area contributed by atoms with Crippen molar-refractivity contribution in [1.29, 1.82) is 0 Å². The highest BCUT2D eigenvalue weighted by Crippen LogP contribution is 2.15. The van der Waals surface area contributed by atoms with E-state index < -0.39 is 0 Å². The van der Waals surface area contributed by atoms with E-state index in [0.717, 1.165) is 6.42 Å². The van der Waals surface area contributed by atoms with Crippen molar-refractivity contribution < 1.29 is 19.0 Å². The maximum absolute atomic E-state index is 11.2. The topological polar surface area (TPSA) is 44.8 Å². The van der Waals surface area contributed by atoms with Gasteiger partial charge in [0.15, 0.2) is 0 Å². The maximum atomic E-state index is 11.2. The van der Waals surface area contributed by atoms with Crippen molar-refractivity contribution in [3.05, 3.63) is 0 Å². The second kappa shape index (κ2) is 3.41. The Morgan fingerprint density at radius 1 is 1.25 bits per heavy atom. The molecule has 2 fully saturated rings. The van der Waals surface area contributed by atoms with Crippen molar-refractivity contribution in [3.8, 4) is 0 Å². The van der Waals surface area contributed by atoms with Crippen molar-refractivity contribution in [2.45, 2.75) is 12.5 Å². The van der Waals surface area contributed by atoms with Gasteiger partial charge in [-0.1, -0.05) is 0 Å². The van der Waals surface area contributed by atoms with Gasteiger partial charge in [-0.3, -0.25) is 4.79 Å². The van der Waals surface area contributed by atoms with Crippen LogP contribution in [0.2, 0.25) is 0 Å². The van der Waals surface area contributed by atoms with Crippen LogP contribution in [0.15, 0.2) is 0 Å². The van der Waals surface area contributed by atoms with Crippen LogP contribution >= 0.6 is 0 Å². The molecule has 0 bridgehead atoms. The second-order valence-corrected chi connectivity index (χ2v) is 3.16. The number of carbonyl (C=O) groups is 1. The molecule has 0 amide bonds. The number of hydrogen-bond donors (Lipinski definition) is 0. The van der Waals surface area contributed by atoms with Crippen LogP contribution in [0.25, 0.3) is 0 Å². The molecule has 68 valence electrons. The van der Waals surface area contributed by atoms with E-state index in [-0.39, 0.29) is 18.0 Å². The zero-order chi connectivity index (χ0) is 8.39. The molecule has 2 aliphatic heterocycles. The molecule has 4 heteroatoms. The summed E-state index contributed by atoms with van der Waals surface area (Å²) in [4.78, 5) is 11.2. The van der Waals surface area contributed by atoms with E-state index in [9.17, 15) is 4.79 Å². The van der Waals surface area contributed by atoms with Gasteiger partial charge in [0.2, 0.25) is 0 Å². The van der Waals surface area contributed by atoms with Gasteiger partial charge in [0.1, 0.15) is 12.0 Å². The summed E-state index contributed by atoms with van der Waals surface area (Å²) >= 11 is 0. The Kier molecular flexibility index (Phi) is 2.28. The average molecular weight is 172 g/mol. The van der Waals surface area contributed by atoms with Crippen LogP contribution in [0, 0.1) is 5.92 Å². The highest BCUT2D eigenvalue weighted by Gasteiger charge is 2.30. The molecule has 0 aromatic rings. The minimum Gasteiger partial charge on any atom is -0.459 e. The molecule has 0 aliphatic carbocycles. The third-order valence-electron chi connectivity index (χ3n) is 2.14. The summed E-state index contributed by atoms with van der Waals surface area (Å²) in [5.74, 6) is -0.151. The SMILES string of the molecule is O=C(O[C@H]1CCOC1)C1COC1. The van der Waals surface area contributed by atoms with E-state index in [1.807, 2.05) is 0 Å². The van der Waals surface area contributed by atoms with Crippen LogP contribution in [0.5, 0.6) is 0 Å². The Labute approximate surface area is 70.8 Å². The first-order valence-electron chi connectivity index (χ1n) is 4.22. The van der Waals surface area contributed by atoms with Crippen LogP contribution in [0.1, 0.15) is 6.42 Å². The Morgan fingerprint density at radius 3 is 2.58 bits per heavy atom. The maximum Gasteiger partial charge on any atom is 0.314 e.